The lowest BCUT2D eigenvalue weighted by molar-refractivity contribution is 0.824. The topological polar surface area (TPSA) is 0 Å². The fraction of sp³-hybridized carbons (Fsp3) is 0.116. The zero-order valence-corrected chi connectivity index (χ0v) is 25.7. The van der Waals surface area contributed by atoms with Gasteiger partial charge in [-0.3, -0.25) is 0 Å². The summed E-state index contributed by atoms with van der Waals surface area (Å²) in [5.74, 6) is 0.655. The van der Waals surface area contributed by atoms with Crippen LogP contribution in [0.1, 0.15) is 41.4 Å². The molecule has 0 amide bonds. The summed E-state index contributed by atoms with van der Waals surface area (Å²) in [7, 11) is 0. The van der Waals surface area contributed by atoms with E-state index in [-0.39, 0.29) is 5.92 Å². The van der Waals surface area contributed by atoms with Crippen LogP contribution < -0.4 is 10.4 Å². The van der Waals surface area contributed by atoms with Crippen LogP contribution in [-0.2, 0) is 0 Å². The molecule has 2 unspecified atom stereocenters. The number of rotatable bonds is 5. The first kappa shape index (κ1) is 27.0. The highest BCUT2D eigenvalue weighted by atomic mass is 32.2. The standard InChI is InChI=1S/C43H34S/c1-44-43-33(32-27-26-29-14-5-6-17-31(29)28-32)24-13-25-40(43)34-18-7-8-19-35(34)42-38-22-11-9-20-36(38)41(30-15-3-2-4-16-30)37-21-10-12-23-39(37)42/h2-17,19-26,28,32,34H,18,27H2,1H3. The molecule has 212 valence electrons. The Bertz CT molecular complexity index is 2160. The van der Waals surface area contributed by atoms with Crippen molar-refractivity contribution in [1.29, 1.82) is 0 Å². The number of hydrogen-bond acceptors (Lipinski definition) is 1. The molecule has 0 bridgehead atoms. The molecule has 0 aromatic heterocycles. The fourth-order valence-corrected chi connectivity index (χ4v) is 8.42. The summed E-state index contributed by atoms with van der Waals surface area (Å²) in [5.41, 5.74) is 8.26. The van der Waals surface area contributed by atoms with Crippen molar-refractivity contribution >= 4 is 51.0 Å². The van der Waals surface area contributed by atoms with Gasteiger partial charge in [0, 0.05) is 16.7 Å². The van der Waals surface area contributed by atoms with E-state index in [2.05, 4.69) is 158 Å². The van der Waals surface area contributed by atoms with Crippen molar-refractivity contribution in [2.45, 2.75) is 29.6 Å². The molecule has 0 aliphatic heterocycles. The predicted octanol–water partition coefficient (Wildman–Crippen LogP) is 10.3. The zero-order valence-electron chi connectivity index (χ0n) is 24.9. The van der Waals surface area contributed by atoms with Crippen molar-refractivity contribution in [2.75, 3.05) is 6.26 Å². The Morgan fingerprint density at radius 2 is 1.18 bits per heavy atom. The van der Waals surface area contributed by atoms with Crippen LogP contribution in [-0.4, -0.2) is 6.26 Å². The third kappa shape index (κ3) is 4.55. The van der Waals surface area contributed by atoms with Gasteiger partial charge in [-0.25, -0.2) is 0 Å². The van der Waals surface area contributed by atoms with Crippen molar-refractivity contribution in [3.05, 3.63) is 167 Å². The summed E-state index contributed by atoms with van der Waals surface area (Å²) < 4.78 is 0. The van der Waals surface area contributed by atoms with E-state index in [0.29, 0.717) is 5.92 Å². The molecule has 0 radical (unpaired) electrons. The van der Waals surface area contributed by atoms with Crippen molar-refractivity contribution in [3.8, 4) is 11.1 Å². The quantitative estimate of drug-likeness (QED) is 0.144. The lowest BCUT2D eigenvalue weighted by atomic mass is 9.76. The summed E-state index contributed by atoms with van der Waals surface area (Å²) in [5, 5.41) is 7.97. The summed E-state index contributed by atoms with van der Waals surface area (Å²) >= 11 is 1.91. The van der Waals surface area contributed by atoms with Crippen molar-refractivity contribution in [2.24, 2.45) is 0 Å². The Kier molecular flexibility index (Phi) is 7.05. The minimum absolute atomic E-state index is 0.275. The molecule has 0 saturated heterocycles. The SMILES string of the molecule is CSc1c(C2C=c3ccccc3=CC2)cccc1C1CC=CC=C1c1c2ccccc2c(-c2ccccc2)c2ccccc12. The molecule has 44 heavy (non-hydrogen) atoms. The second-order valence-electron chi connectivity index (χ2n) is 11.9. The second-order valence-corrected chi connectivity index (χ2v) is 12.7. The van der Waals surface area contributed by atoms with Crippen molar-refractivity contribution in [1.82, 2.24) is 0 Å². The predicted molar refractivity (Wildman–Crippen MR) is 192 cm³/mol. The highest BCUT2D eigenvalue weighted by Crippen LogP contribution is 2.49. The molecule has 0 nitrogen and oxygen atoms in total. The molecular formula is C43H34S. The van der Waals surface area contributed by atoms with Gasteiger partial charge in [0.15, 0.2) is 0 Å². The third-order valence-corrected chi connectivity index (χ3v) is 10.3. The highest BCUT2D eigenvalue weighted by Gasteiger charge is 2.27. The second kappa shape index (κ2) is 11.5. The fourth-order valence-electron chi connectivity index (χ4n) is 7.52. The zero-order chi connectivity index (χ0) is 29.5. The van der Waals surface area contributed by atoms with Gasteiger partial charge in [0.2, 0.25) is 0 Å². The molecule has 6 aromatic carbocycles. The van der Waals surface area contributed by atoms with Crippen molar-refractivity contribution < 1.29 is 0 Å². The molecule has 0 spiro atoms. The van der Waals surface area contributed by atoms with Crippen LogP contribution in [0.5, 0.6) is 0 Å². The van der Waals surface area contributed by atoms with E-state index in [9.17, 15) is 0 Å². The smallest absolute Gasteiger partial charge is 0.0146 e. The average Bonchev–Trinajstić information content (AvgIpc) is 3.10. The Balaban J connectivity index is 1.33. The Morgan fingerprint density at radius 1 is 0.568 bits per heavy atom. The molecule has 0 saturated carbocycles. The summed E-state index contributed by atoms with van der Waals surface area (Å²) in [6.45, 7) is 0. The van der Waals surface area contributed by atoms with E-state index in [4.69, 9.17) is 0 Å². The first-order valence-electron chi connectivity index (χ1n) is 15.6. The minimum Gasteiger partial charge on any atom is -0.129 e. The molecule has 2 aliphatic carbocycles. The molecule has 2 atom stereocenters. The van der Waals surface area contributed by atoms with Gasteiger partial charge < -0.3 is 0 Å². The van der Waals surface area contributed by atoms with Gasteiger partial charge in [0.25, 0.3) is 0 Å². The summed E-state index contributed by atoms with van der Waals surface area (Å²) in [6, 6.07) is 44.8. The van der Waals surface area contributed by atoms with Gasteiger partial charge in [0.1, 0.15) is 0 Å². The number of allylic oxidation sites excluding steroid dienone is 4. The molecule has 6 aromatic rings. The van der Waals surface area contributed by atoms with E-state index >= 15 is 0 Å². The van der Waals surface area contributed by atoms with E-state index in [1.165, 1.54) is 70.3 Å². The maximum atomic E-state index is 2.48. The van der Waals surface area contributed by atoms with E-state index in [1.807, 2.05) is 11.8 Å². The average molecular weight is 583 g/mol. The Labute approximate surface area is 263 Å². The van der Waals surface area contributed by atoms with Gasteiger partial charge in [-0.2, -0.15) is 0 Å². The van der Waals surface area contributed by atoms with Crippen LogP contribution in [0.3, 0.4) is 0 Å². The summed E-state index contributed by atoms with van der Waals surface area (Å²) in [4.78, 5) is 1.43. The monoisotopic (exact) mass is 582 g/mol. The maximum Gasteiger partial charge on any atom is 0.0146 e. The maximum absolute atomic E-state index is 2.48. The lowest BCUT2D eigenvalue weighted by Crippen LogP contribution is -2.28. The van der Waals surface area contributed by atoms with Crippen LogP contribution in [0.25, 0.3) is 50.4 Å². The first-order valence-corrected chi connectivity index (χ1v) is 16.8. The highest BCUT2D eigenvalue weighted by molar-refractivity contribution is 7.98. The van der Waals surface area contributed by atoms with Gasteiger partial charge in [-0.15, -0.1) is 11.8 Å². The number of fused-ring (bicyclic) bond motifs is 3. The van der Waals surface area contributed by atoms with Crippen molar-refractivity contribution in [3.63, 3.8) is 0 Å². The molecule has 8 rings (SSSR count). The van der Waals surface area contributed by atoms with E-state index in [1.54, 1.807) is 0 Å². The molecule has 0 fully saturated rings. The molecule has 0 N–H and O–H groups in total. The third-order valence-electron chi connectivity index (χ3n) is 9.47. The largest absolute Gasteiger partial charge is 0.129 e. The summed E-state index contributed by atoms with van der Waals surface area (Å²) in [6.07, 6.45) is 16.2. The number of hydrogen-bond donors (Lipinski definition) is 0. The first-order chi connectivity index (χ1) is 21.8. The lowest BCUT2D eigenvalue weighted by Gasteiger charge is -2.29. The van der Waals surface area contributed by atoms with Crippen LogP contribution in [0.4, 0.5) is 0 Å². The van der Waals surface area contributed by atoms with E-state index < -0.39 is 0 Å². The number of benzene rings is 6. The molecule has 0 heterocycles. The Morgan fingerprint density at radius 3 is 1.89 bits per heavy atom. The normalized spacial score (nSPS) is 17.5. The van der Waals surface area contributed by atoms with Crippen LogP contribution in [0, 0.1) is 0 Å². The van der Waals surface area contributed by atoms with Crippen LogP contribution in [0.15, 0.2) is 144 Å². The van der Waals surface area contributed by atoms with Crippen LogP contribution >= 0.6 is 11.8 Å². The van der Waals surface area contributed by atoms with Gasteiger partial charge in [0.05, 0.1) is 0 Å². The van der Waals surface area contributed by atoms with E-state index in [0.717, 1.165) is 12.8 Å². The number of thioether (sulfide) groups is 1. The minimum atomic E-state index is 0.275. The molecule has 1 heteroatoms. The van der Waals surface area contributed by atoms with Gasteiger partial charge in [-0.1, -0.05) is 152 Å². The molecular weight excluding hydrogens is 549 g/mol. The van der Waals surface area contributed by atoms with Gasteiger partial charge >= 0.3 is 0 Å². The molecule has 2 aliphatic rings. The van der Waals surface area contributed by atoms with Crippen LogP contribution in [0.2, 0.25) is 0 Å². The Hall–Kier alpha value is -4.59. The van der Waals surface area contributed by atoms with Gasteiger partial charge in [-0.05, 0) is 84.5 Å².